The fourth-order valence-electron chi connectivity index (χ4n) is 2.83. The molecule has 0 bridgehead atoms. The molecule has 25 heavy (non-hydrogen) atoms. The molecule has 0 radical (unpaired) electrons. The van der Waals surface area contributed by atoms with Crippen molar-refractivity contribution in [3.63, 3.8) is 0 Å². The molecule has 122 valence electrons. The lowest BCUT2D eigenvalue weighted by atomic mass is 10.1. The van der Waals surface area contributed by atoms with Crippen molar-refractivity contribution in [1.29, 1.82) is 0 Å². The monoisotopic (exact) mass is 331 g/mol. The number of ketones is 1. The smallest absolute Gasteiger partial charge is 0.351 e. The molecule has 0 saturated heterocycles. The lowest BCUT2D eigenvalue weighted by molar-refractivity contribution is 0.104. The van der Waals surface area contributed by atoms with Crippen LogP contribution in [0.4, 0.5) is 0 Å². The van der Waals surface area contributed by atoms with Gasteiger partial charge in [-0.3, -0.25) is 4.79 Å². The zero-order chi connectivity index (χ0) is 17.4. The van der Waals surface area contributed by atoms with E-state index in [9.17, 15) is 14.7 Å². The number of aromatic hydroxyl groups is 1. The number of hydrogen-bond acceptors (Lipinski definition) is 4. The SMILES string of the molecule is O=C(/C=C/c1c[nH]c2ccccc12)c1c(O)c2ccccc2oc1=O. The molecule has 5 nitrogen and oxygen atoms in total. The lowest BCUT2D eigenvalue weighted by Crippen LogP contribution is -2.12. The van der Waals surface area contributed by atoms with Gasteiger partial charge >= 0.3 is 5.63 Å². The van der Waals surface area contributed by atoms with E-state index in [2.05, 4.69) is 4.98 Å². The first-order chi connectivity index (χ1) is 12.1. The first-order valence-electron chi connectivity index (χ1n) is 7.68. The molecule has 5 heteroatoms. The van der Waals surface area contributed by atoms with E-state index in [0.29, 0.717) is 5.39 Å². The van der Waals surface area contributed by atoms with Gasteiger partial charge < -0.3 is 14.5 Å². The molecule has 0 fully saturated rings. The van der Waals surface area contributed by atoms with Gasteiger partial charge in [0.15, 0.2) is 5.78 Å². The Bertz CT molecular complexity index is 1200. The van der Waals surface area contributed by atoms with Gasteiger partial charge in [-0.25, -0.2) is 4.79 Å². The van der Waals surface area contributed by atoms with E-state index < -0.39 is 11.4 Å². The van der Waals surface area contributed by atoms with Gasteiger partial charge in [0, 0.05) is 17.1 Å². The van der Waals surface area contributed by atoms with Crippen LogP contribution in [0.3, 0.4) is 0 Å². The molecule has 0 atom stereocenters. The number of nitrogens with one attached hydrogen (secondary N) is 1. The van der Waals surface area contributed by atoms with E-state index in [0.717, 1.165) is 16.5 Å². The largest absolute Gasteiger partial charge is 0.506 e. The molecule has 2 heterocycles. The number of carbonyl (C=O) groups is 1. The molecule has 2 N–H and O–H groups in total. The molecular formula is C20H13NO4. The zero-order valence-electron chi connectivity index (χ0n) is 13.0. The zero-order valence-corrected chi connectivity index (χ0v) is 13.0. The number of rotatable bonds is 3. The molecule has 2 aromatic heterocycles. The maximum Gasteiger partial charge on any atom is 0.351 e. The predicted octanol–water partition coefficient (Wildman–Crippen LogP) is 3.88. The van der Waals surface area contributed by atoms with Crippen molar-refractivity contribution in [2.75, 3.05) is 0 Å². The molecule has 2 aromatic carbocycles. The van der Waals surface area contributed by atoms with Gasteiger partial charge in [-0.2, -0.15) is 0 Å². The minimum atomic E-state index is -0.857. The molecule has 0 amide bonds. The summed E-state index contributed by atoms with van der Waals surface area (Å²) in [4.78, 5) is 27.6. The molecule has 4 rings (SSSR count). The number of para-hydroxylation sites is 2. The highest BCUT2D eigenvalue weighted by Crippen LogP contribution is 2.26. The quantitative estimate of drug-likeness (QED) is 0.339. The number of H-pyrrole nitrogens is 1. The number of hydrogen-bond donors (Lipinski definition) is 2. The van der Waals surface area contributed by atoms with Crippen LogP contribution in [0.1, 0.15) is 15.9 Å². The number of benzene rings is 2. The van der Waals surface area contributed by atoms with Crippen LogP contribution in [0.15, 0.2) is 70.0 Å². The minimum absolute atomic E-state index is 0.238. The van der Waals surface area contributed by atoms with Crippen molar-refractivity contribution in [2.24, 2.45) is 0 Å². The Morgan fingerprint density at radius 1 is 1.04 bits per heavy atom. The Morgan fingerprint density at radius 3 is 2.60 bits per heavy atom. The van der Waals surface area contributed by atoms with Crippen molar-refractivity contribution >= 4 is 33.7 Å². The van der Waals surface area contributed by atoms with Gasteiger partial charge in [-0.15, -0.1) is 0 Å². The molecule has 0 aliphatic carbocycles. The van der Waals surface area contributed by atoms with Gasteiger partial charge in [-0.1, -0.05) is 30.3 Å². The van der Waals surface area contributed by atoms with Gasteiger partial charge in [0.2, 0.25) is 0 Å². The van der Waals surface area contributed by atoms with E-state index >= 15 is 0 Å². The van der Waals surface area contributed by atoms with Crippen LogP contribution in [-0.4, -0.2) is 15.9 Å². The first kappa shape index (κ1) is 15.0. The highest BCUT2D eigenvalue weighted by atomic mass is 16.4. The van der Waals surface area contributed by atoms with Crippen LogP contribution in [0.25, 0.3) is 27.9 Å². The topological polar surface area (TPSA) is 83.3 Å². The molecule has 0 spiro atoms. The summed E-state index contributed by atoms with van der Waals surface area (Å²) in [6, 6.07) is 14.2. The number of aromatic amines is 1. The van der Waals surface area contributed by atoms with Crippen molar-refractivity contribution in [2.45, 2.75) is 0 Å². The van der Waals surface area contributed by atoms with Gasteiger partial charge in [0.05, 0.1) is 5.39 Å². The normalized spacial score (nSPS) is 11.5. The fraction of sp³-hybridized carbons (Fsp3) is 0. The minimum Gasteiger partial charge on any atom is -0.506 e. The average Bonchev–Trinajstić information content (AvgIpc) is 3.03. The Labute approximate surface area is 141 Å². The van der Waals surface area contributed by atoms with Crippen molar-refractivity contribution < 1.29 is 14.3 Å². The van der Waals surface area contributed by atoms with Gasteiger partial charge in [0.25, 0.3) is 0 Å². The second-order valence-corrected chi connectivity index (χ2v) is 5.60. The maximum atomic E-state index is 12.4. The van der Waals surface area contributed by atoms with Crippen LogP contribution < -0.4 is 5.63 Å². The van der Waals surface area contributed by atoms with E-state index in [1.54, 1.807) is 36.5 Å². The summed E-state index contributed by atoms with van der Waals surface area (Å²) in [5.74, 6) is -0.970. The molecule has 4 aromatic rings. The van der Waals surface area contributed by atoms with Crippen LogP contribution in [-0.2, 0) is 0 Å². The van der Waals surface area contributed by atoms with Crippen molar-refractivity contribution in [3.05, 3.63) is 82.4 Å². The van der Waals surface area contributed by atoms with Crippen LogP contribution in [0.2, 0.25) is 0 Å². The molecule has 0 aliphatic heterocycles. The lowest BCUT2D eigenvalue weighted by Gasteiger charge is -2.03. The summed E-state index contributed by atoms with van der Waals surface area (Å²) in [5, 5.41) is 11.6. The summed E-state index contributed by atoms with van der Waals surface area (Å²) in [7, 11) is 0. The summed E-state index contributed by atoms with van der Waals surface area (Å²) in [6.45, 7) is 0. The third-order valence-corrected chi connectivity index (χ3v) is 4.07. The van der Waals surface area contributed by atoms with Crippen LogP contribution in [0, 0.1) is 0 Å². The van der Waals surface area contributed by atoms with E-state index in [1.165, 1.54) is 6.08 Å². The van der Waals surface area contributed by atoms with E-state index in [1.807, 2.05) is 24.3 Å². The standard InChI is InChI=1S/C20H13NO4/c22-16(10-9-12-11-21-15-7-3-1-5-13(12)15)18-19(23)14-6-2-4-8-17(14)25-20(18)24/h1-11,21,23H/b10-9+. The fourth-order valence-corrected chi connectivity index (χ4v) is 2.83. The molecule has 0 aliphatic rings. The van der Waals surface area contributed by atoms with Gasteiger partial charge in [-0.05, 0) is 35.9 Å². The maximum absolute atomic E-state index is 12.4. The highest BCUT2D eigenvalue weighted by molar-refractivity contribution is 6.11. The number of allylic oxidation sites excluding steroid dienone is 1. The summed E-state index contributed by atoms with van der Waals surface area (Å²) in [6.07, 6.45) is 4.64. The van der Waals surface area contributed by atoms with Crippen molar-refractivity contribution in [3.8, 4) is 5.75 Å². The number of carbonyl (C=O) groups excluding carboxylic acids is 1. The summed E-state index contributed by atoms with van der Waals surface area (Å²) in [5.41, 5.74) is 0.776. The molecular weight excluding hydrogens is 318 g/mol. The van der Waals surface area contributed by atoms with Crippen molar-refractivity contribution in [1.82, 2.24) is 4.98 Å². The Morgan fingerprint density at radius 2 is 1.76 bits per heavy atom. The third kappa shape index (κ3) is 2.52. The Hall–Kier alpha value is -3.60. The summed E-state index contributed by atoms with van der Waals surface area (Å²) < 4.78 is 5.13. The first-order valence-corrected chi connectivity index (χ1v) is 7.68. The van der Waals surface area contributed by atoms with E-state index in [4.69, 9.17) is 4.42 Å². The number of aromatic nitrogens is 1. The molecule has 0 unspecified atom stereocenters. The highest BCUT2D eigenvalue weighted by Gasteiger charge is 2.18. The van der Waals surface area contributed by atoms with Crippen LogP contribution in [0.5, 0.6) is 5.75 Å². The van der Waals surface area contributed by atoms with Crippen LogP contribution >= 0.6 is 0 Å². The van der Waals surface area contributed by atoms with E-state index in [-0.39, 0.29) is 16.9 Å². The Balaban J connectivity index is 1.76. The van der Waals surface area contributed by atoms with Gasteiger partial charge in [0.1, 0.15) is 16.9 Å². The second-order valence-electron chi connectivity index (χ2n) is 5.60. The third-order valence-electron chi connectivity index (χ3n) is 4.07. The average molecular weight is 331 g/mol. The molecule has 0 saturated carbocycles. The summed E-state index contributed by atoms with van der Waals surface area (Å²) >= 11 is 0. The second kappa shape index (κ2) is 5.79. The number of fused-ring (bicyclic) bond motifs is 2. The predicted molar refractivity (Wildman–Crippen MR) is 95.8 cm³/mol. The Kier molecular flexibility index (Phi) is 3.47.